The van der Waals surface area contributed by atoms with Crippen molar-refractivity contribution in [1.82, 2.24) is 0 Å². The van der Waals surface area contributed by atoms with Gasteiger partial charge in [-0.15, -0.1) is 0 Å². The van der Waals surface area contributed by atoms with Crippen LogP contribution in [-0.2, 0) is 5.41 Å². The zero-order valence-corrected chi connectivity index (χ0v) is 27.3. The number of benzene rings is 7. The van der Waals surface area contributed by atoms with Crippen molar-refractivity contribution in [3.8, 4) is 22.3 Å². The first-order chi connectivity index (χ1) is 23.5. The van der Waals surface area contributed by atoms with E-state index in [-0.39, 0.29) is 0 Å². The highest BCUT2D eigenvalue weighted by molar-refractivity contribution is 6.03. The molecule has 7 aromatic rings. The average molecular weight is 615 g/mol. The Bertz CT molecular complexity index is 2330. The van der Waals surface area contributed by atoms with Gasteiger partial charge in [0.2, 0.25) is 0 Å². The maximum atomic E-state index is 2.50. The van der Waals surface area contributed by atoms with Gasteiger partial charge in [0.1, 0.15) is 0 Å². The third-order valence-electron chi connectivity index (χ3n) is 10.7. The van der Waals surface area contributed by atoms with Gasteiger partial charge in [0.25, 0.3) is 0 Å². The summed E-state index contributed by atoms with van der Waals surface area (Å²) in [6, 6.07) is 56.7. The second-order valence-electron chi connectivity index (χ2n) is 13.6. The molecule has 1 heterocycles. The van der Waals surface area contributed by atoms with Crippen LogP contribution in [0.1, 0.15) is 38.9 Å². The lowest BCUT2D eigenvalue weighted by Crippen LogP contribution is -2.27. The molecule has 0 amide bonds. The normalized spacial score (nSPS) is 14.2. The van der Waals surface area contributed by atoms with E-state index in [2.05, 4.69) is 182 Å². The number of fused-ring (bicyclic) bond motifs is 12. The Morgan fingerprint density at radius 1 is 0.333 bits per heavy atom. The van der Waals surface area contributed by atoms with E-state index in [0.717, 1.165) is 5.69 Å². The molecule has 0 aromatic heterocycles. The van der Waals surface area contributed by atoms with E-state index in [1.165, 1.54) is 89.6 Å². The number of hydrogen-bond acceptors (Lipinski definition) is 2. The molecule has 2 aliphatic carbocycles. The molecule has 0 bridgehead atoms. The second kappa shape index (κ2) is 9.82. The van der Waals surface area contributed by atoms with Gasteiger partial charge in [-0.25, -0.2) is 0 Å². The van der Waals surface area contributed by atoms with E-state index >= 15 is 0 Å². The predicted octanol–water partition coefficient (Wildman–Crippen LogP) is 12.2. The van der Waals surface area contributed by atoms with Crippen LogP contribution in [0.4, 0.5) is 34.1 Å². The summed E-state index contributed by atoms with van der Waals surface area (Å²) < 4.78 is 0. The molecule has 0 radical (unpaired) electrons. The molecule has 0 N–H and O–H groups in total. The lowest BCUT2D eigenvalue weighted by Gasteiger charge is -2.40. The largest absolute Gasteiger partial charge is 0.306 e. The topological polar surface area (TPSA) is 6.48 Å². The highest BCUT2D eigenvalue weighted by Gasteiger charge is 2.52. The van der Waals surface area contributed by atoms with Crippen LogP contribution in [0, 0.1) is 20.8 Å². The minimum atomic E-state index is -0.402. The molecule has 228 valence electrons. The zero-order valence-electron chi connectivity index (χ0n) is 27.3. The monoisotopic (exact) mass is 614 g/mol. The van der Waals surface area contributed by atoms with Crippen LogP contribution in [-0.4, -0.2) is 0 Å². The van der Waals surface area contributed by atoms with E-state index in [9.17, 15) is 0 Å². The molecule has 2 heteroatoms. The number of rotatable bonds is 2. The summed E-state index contributed by atoms with van der Waals surface area (Å²) >= 11 is 0. The van der Waals surface area contributed by atoms with Crippen LogP contribution in [0.5, 0.6) is 0 Å². The van der Waals surface area contributed by atoms with E-state index in [1.807, 2.05) is 0 Å². The summed E-state index contributed by atoms with van der Waals surface area (Å²) in [4.78, 5) is 4.86. The first-order valence-electron chi connectivity index (χ1n) is 16.9. The number of anilines is 6. The Morgan fingerprint density at radius 3 is 1.12 bits per heavy atom. The van der Waals surface area contributed by atoms with E-state index in [4.69, 9.17) is 0 Å². The molecule has 1 aliphatic heterocycles. The molecule has 0 atom stereocenters. The van der Waals surface area contributed by atoms with Gasteiger partial charge in [0.15, 0.2) is 0 Å². The first-order valence-corrected chi connectivity index (χ1v) is 16.9. The maximum Gasteiger partial charge on any atom is 0.0726 e. The van der Waals surface area contributed by atoms with Gasteiger partial charge in [-0.1, -0.05) is 120 Å². The summed E-state index contributed by atoms with van der Waals surface area (Å²) in [7, 11) is 0. The fourth-order valence-corrected chi connectivity index (χ4v) is 8.77. The average Bonchev–Trinajstić information content (AvgIpc) is 3.56. The van der Waals surface area contributed by atoms with E-state index in [1.54, 1.807) is 0 Å². The van der Waals surface area contributed by atoms with Crippen molar-refractivity contribution >= 4 is 34.1 Å². The second-order valence-corrected chi connectivity index (χ2v) is 13.6. The van der Waals surface area contributed by atoms with Crippen LogP contribution in [0.2, 0.25) is 0 Å². The lowest BCUT2D eigenvalue weighted by atomic mass is 9.70. The van der Waals surface area contributed by atoms with Gasteiger partial charge in [-0.05, 0) is 114 Å². The predicted molar refractivity (Wildman–Crippen MR) is 200 cm³/mol. The fraction of sp³-hybridized carbons (Fsp3) is 0.0870. The molecule has 0 saturated carbocycles. The lowest BCUT2D eigenvalue weighted by molar-refractivity contribution is 0.790. The van der Waals surface area contributed by atoms with Crippen molar-refractivity contribution in [3.05, 3.63) is 191 Å². The van der Waals surface area contributed by atoms with Crippen molar-refractivity contribution in [3.63, 3.8) is 0 Å². The minimum absolute atomic E-state index is 0.402. The first kappa shape index (κ1) is 27.3. The standard InChI is InChI=1S/C46H34N2/c1-29-17-21-34-35-22-18-30(2)26-39(35)46(38(34)25-29)40-27-31(3)19-23-36(40)37-24-20-33(28-41(37)46)48-44-15-9-7-13-42(44)47(32-11-5-4-6-12-32)43-14-8-10-16-45(43)48/h4-28H,1-3H3. The summed E-state index contributed by atoms with van der Waals surface area (Å²) in [6.45, 7) is 6.68. The summed E-state index contributed by atoms with van der Waals surface area (Å²) in [5.74, 6) is 0. The van der Waals surface area contributed by atoms with Crippen molar-refractivity contribution in [1.29, 1.82) is 0 Å². The number of aryl methyl sites for hydroxylation is 3. The molecule has 2 nitrogen and oxygen atoms in total. The number of hydrogen-bond donors (Lipinski definition) is 0. The third-order valence-corrected chi connectivity index (χ3v) is 10.7. The van der Waals surface area contributed by atoms with Gasteiger partial charge in [-0.2, -0.15) is 0 Å². The SMILES string of the molecule is Cc1ccc2c(c1)C1(c3cc(C)ccc3-2)c2cc(C)ccc2-c2ccc(N3c4ccccc4N(c4ccccc4)c4ccccc43)cc21. The summed E-state index contributed by atoms with van der Waals surface area (Å²) in [5.41, 5.74) is 21.3. The van der Waals surface area contributed by atoms with Crippen molar-refractivity contribution in [2.45, 2.75) is 26.2 Å². The Balaban J connectivity index is 1.27. The van der Waals surface area contributed by atoms with Gasteiger partial charge in [0.05, 0.1) is 28.2 Å². The highest BCUT2D eigenvalue weighted by atomic mass is 15.3. The molecule has 48 heavy (non-hydrogen) atoms. The molecule has 7 aromatic carbocycles. The molecule has 0 saturated heterocycles. The van der Waals surface area contributed by atoms with E-state index < -0.39 is 5.41 Å². The van der Waals surface area contributed by atoms with Crippen molar-refractivity contribution in [2.24, 2.45) is 0 Å². The Kier molecular flexibility index (Phi) is 5.58. The van der Waals surface area contributed by atoms with Crippen LogP contribution < -0.4 is 9.80 Å². The smallest absolute Gasteiger partial charge is 0.0726 e. The van der Waals surface area contributed by atoms with Crippen molar-refractivity contribution < 1.29 is 0 Å². The van der Waals surface area contributed by atoms with Crippen LogP contribution in [0.25, 0.3) is 22.3 Å². The summed E-state index contributed by atoms with van der Waals surface area (Å²) in [6.07, 6.45) is 0. The molecular weight excluding hydrogens is 581 g/mol. The molecule has 0 fully saturated rings. The molecular formula is C46H34N2. The summed E-state index contributed by atoms with van der Waals surface area (Å²) in [5, 5.41) is 0. The molecule has 3 aliphatic rings. The fourth-order valence-electron chi connectivity index (χ4n) is 8.77. The number of para-hydroxylation sites is 5. The Hall–Kier alpha value is -5.86. The molecule has 0 unspecified atom stereocenters. The Morgan fingerprint density at radius 2 is 0.688 bits per heavy atom. The van der Waals surface area contributed by atoms with Gasteiger partial charge >= 0.3 is 0 Å². The van der Waals surface area contributed by atoms with Gasteiger partial charge < -0.3 is 9.80 Å². The van der Waals surface area contributed by atoms with E-state index in [0.29, 0.717) is 0 Å². The van der Waals surface area contributed by atoms with Crippen LogP contribution in [0.3, 0.4) is 0 Å². The molecule has 1 spiro atoms. The Labute approximate surface area is 282 Å². The quantitative estimate of drug-likeness (QED) is 0.191. The number of nitrogens with zero attached hydrogens (tertiary/aromatic N) is 2. The van der Waals surface area contributed by atoms with Crippen LogP contribution >= 0.6 is 0 Å². The third kappa shape index (κ3) is 3.52. The minimum Gasteiger partial charge on any atom is -0.306 e. The molecule has 10 rings (SSSR count). The van der Waals surface area contributed by atoms with Crippen LogP contribution in [0.15, 0.2) is 152 Å². The zero-order chi connectivity index (χ0) is 32.1. The highest BCUT2D eigenvalue weighted by Crippen LogP contribution is 2.64. The maximum absolute atomic E-state index is 2.50. The van der Waals surface area contributed by atoms with Gasteiger partial charge in [-0.3, -0.25) is 0 Å². The van der Waals surface area contributed by atoms with Crippen molar-refractivity contribution in [2.75, 3.05) is 9.80 Å². The van der Waals surface area contributed by atoms with Gasteiger partial charge in [0, 0.05) is 11.4 Å².